The van der Waals surface area contributed by atoms with Gasteiger partial charge in [-0.15, -0.1) is 0 Å². The molecule has 0 saturated heterocycles. The van der Waals surface area contributed by atoms with Crippen LogP contribution in [0.15, 0.2) is 28.2 Å². The molecule has 0 fully saturated rings. The zero-order chi connectivity index (χ0) is 15.4. The van der Waals surface area contributed by atoms with Gasteiger partial charge in [0.15, 0.2) is 5.16 Å². The van der Waals surface area contributed by atoms with Crippen molar-refractivity contribution in [2.75, 3.05) is 0 Å². The molecular weight excluding hydrogens is 280 g/mol. The summed E-state index contributed by atoms with van der Waals surface area (Å²) in [6.07, 6.45) is 1.84. The highest BCUT2D eigenvalue weighted by Crippen LogP contribution is 2.23. The molecule has 1 aromatic heterocycles. The fourth-order valence-corrected chi connectivity index (χ4v) is 3.22. The van der Waals surface area contributed by atoms with E-state index in [0.717, 1.165) is 24.3 Å². The van der Waals surface area contributed by atoms with Crippen LogP contribution < -0.4 is 5.56 Å². The first-order chi connectivity index (χ1) is 9.99. The van der Waals surface area contributed by atoms with Gasteiger partial charge in [0.05, 0.1) is 0 Å². The molecule has 112 valence electrons. The lowest BCUT2D eigenvalue weighted by Gasteiger charge is -2.09. The topological polar surface area (TPSA) is 45.8 Å². The smallest absolute Gasteiger partial charge is 0.251 e. The van der Waals surface area contributed by atoms with Crippen LogP contribution in [0.3, 0.4) is 0 Å². The number of aromatic amines is 1. The van der Waals surface area contributed by atoms with Gasteiger partial charge in [-0.1, -0.05) is 37.2 Å². The lowest BCUT2D eigenvalue weighted by atomic mass is 10.0. The van der Waals surface area contributed by atoms with Crippen LogP contribution in [-0.2, 0) is 12.2 Å². The minimum Gasteiger partial charge on any atom is -0.301 e. The van der Waals surface area contributed by atoms with Crippen LogP contribution in [0.1, 0.15) is 41.3 Å². The first-order valence-electron chi connectivity index (χ1n) is 7.29. The minimum absolute atomic E-state index is 0.0623. The van der Waals surface area contributed by atoms with E-state index in [9.17, 15) is 4.79 Å². The standard InChI is InChI=1S/C17H22N2OS/c1-5-6-15-9-16(20)19-17(18-15)21-10-14-8-12(3)11(2)7-13(14)4/h7-9H,5-6,10H2,1-4H3,(H,18,19,20). The van der Waals surface area contributed by atoms with Gasteiger partial charge in [0.2, 0.25) is 0 Å². The van der Waals surface area contributed by atoms with Crippen LogP contribution in [0.25, 0.3) is 0 Å². The van der Waals surface area contributed by atoms with Gasteiger partial charge >= 0.3 is 0 Å². The Morgan fingerprint density at radius 3 is 2.52 bits per heavy atom. The summed E-state index contributed by atoms with van der Waals surface area (Å²) in [5.74, 6) is 0.825. The van der Waals surface area contributed by atoms with Crippen LogP contribution in [0.2, 0.25) is 0 Å². The number of rotatable bonds is 5. The molecule has 0 aliphatic heterocycles. The summed E-state index contributed by atoms with van der Waals surface area (Å²) < 4.78 is 0. The fourth-order valence-electron chi connectivity index (χ4n) is 2.26. The van der Waals surface area contributed by atoms with Crippen molar-refractivity contribution in [3.63, 3.8) is 0 Å². The lowest BCUT2D eigenvalue weighted by Crippen LogP contribution is -2.10. The third-order valence-electron chi connectivity index (χ3n) is 3.60. The van der Waals surface area contributed by atoms with Crippen molar-refractivity contribution >= 4 is 11.8 Å². The largest absolute Gasteiger partial charge is 0.301 e. The number of hydrogen-bond acceptors (Lipinski definition) is 3. The van der Waals surface area contributed by atoms with Gasteiger partial charge in [-0.25, -0.2) is 4.98 Å². The zero-order valence-corrected chi connectivity index (χ0v) is 13.9. The monoisotopic (exact) mass is 302 g/mol. The molecule has 1 heterocycles. The van der Waals surface area contributed by atoms with Crippen molar-refractivity contribution in [3.8, 4) is 0 Å². The van der Waals surface area contributed by atoms with Gasteiger partial charge in [-0.05, 0) is 49.4 Å². The van der Waals surface area contributed by atoms with Gasteiger partial charge in [0.1, 0.15) is 0 Å². The number of benzene rings is 1. The molecule has 0 saturated carbocycles. The molecule has 1 N–H and O–H groups in total. The number of aromatic nitrogens is 2. The maximum Gasteiger partial charge on any atom is 0.251 e. The van der Waals surface area contributed by atoms with E-state index in [2.05, 4.69) is 49.8 Å². The predicted molar refractivity (Wildman–Crippen MR) is 89.1 cm³/mol. The van der Waals surface area contributed by atoms with E-state index in [0.29, 0.717) is 5.16 Å². The van der Waals surface area contributed by atoms with Crippen molar-refractivity contribution < 1.29 is 0 Å². The summed E-state index contributed by atoms with van der Waals surface area (Å²) in [5, 5.41) is 0.712. The molecule has 0 spiro atoms. The summed E-state index contributed by atoms with van der Waals surface area (Å²) in [6.45, 7) is 8.48. The summed E-state index contributed by atoms with van der Waals surface area (Å²) in [6, 6.07) is 6.04. The second-order valence-corrected chi connectivity index (χ2v) is 6.41. The quantitative estimate of drug-likeness (QED) is 0.672. The average Bonchev–Trinajstić information content (AvgIpc) is 2.41. The molecular formula is C17H22N2OS. The number of thioether (sulfide) groups is 1. The maximum absolute atomic E-state index is 11.7. The van der Waals surface area contributed by atoms with E-state index in [1.165, 1.54) is 22.3 Å². The normalized spacial score (nSPS) is 10.9. The molecule has 2 rings (SSSR count). The molecule has 0 aliphatic carbocycles. The Kier molecular flexibility index (Phi) is 5.23. The zero-order valence-electron chi connectivity index (χ0n) is 13.1. The van der Waals surface area contributed by atoms with E-state index < -0.39 is 0 Å². The molecule has 21 heavy (non-hydrogen) atoms. The van der Waals surface area contributed by atoms with Crippen molar-refractivity contribution in [1.29, 1.82) is 0 Å². The predicted octanol–water partition coefficient (Wildman–Crippen LogP) is 3.94. The van der Waals surface area contributed by atoms with Crippen LogP contribution in [0, 0.1) is 20.8 Å². The average molecular weight is 302 g/mol. The second-order valence-electron chi connectivity index (χ2n) is 5.44. The molecule has 0 unspecified atom stereocenters. The van der Waals surface area contributed by atoms with E-state index in [1.54, 1.807) is 17.8 Å². The Morgan fingerprint density at radius 2 is 1.81 bits per heavy atom. The van der Waals surface area contributed by atoms with Crippen molar-refractivity contribution in [2.24, 2.45) is 0 Å². The number of nitrogens with one attached hydrogen (secondary N) is 1. The number of aryl methyl sites for hydroxylation is 4. The van der Waals surface area contributed by atoms with Crippen molar-refractivity contribution in [1.82, 2.24) is 9.97 Å². The number of hydrogen-bond donors (Lipinski definition) is 1. The lowest BCUT2D eigenvalue weighted by molar-refractivity contribution is 0.816. The maximum atomic E-state index is 11.7. The molecule has 1 aromatic carbocycles. The molecule has 0 aliphatic rings. The highest BCUT2D eigenvalue weighted by atomic mass is 32.2. The van der Waals surface area contributed by atoms with Crippen molar-refractivity contribution in [3.05, 3.63) is 56.5 Å². The summed E-state index contributed by atoms with van der Waals surface area (Å²) >= 11 is 1.59. The summed E-state index contributed by atoms with van der Waals surface area (Å²) in [5.41, 5.74) is 6.02. The minimum atomic E-state index is -0.0623. The van der Waals surface area contributed by atoms with Crippen LogP contribution in [-0.4, -0.2) is 9.97 Å². The van der Waals surface area contributed by atoms with E-state index in [1.807, 2.05) is 0 Å². The fraction of sp³-hybridized carbons (Fsp3) is 0.412. The molecule has 0 atom stereocenters. The van der Waals surface area contributed by atoms with E-state index in [4.69, 9.17) is 0 Å². The third kappa shape index (κ3) is 4.21. The SMILES string of the molecule is CCCc1cc(=O)[nH]c(SCc2cc(C)c(C)cc2C)n1. The number of H-pyrrole nitrogens is 1. The van der Waals surface area contributed by atoms with Crippen molar-refractivity contribution in [2.45, 2.75) is 51.4 Å². The van der Waals surface area contributed by atoms with Gasteiger partial charge in [0, 0.05) is 17.5 Å². The number of nitrogens with zero attached hydrogens (tertiary/aromatic N) is 1. The van der Waals surface area contributed by atoms with Gasteiger partial charge < -0.3 is 4.98 Å². The molecule has 2 aromatic rings. The summed E-state index contributed by atoms with van der Waals surface area (Å²) in [7, 11) is 0. The third-order valence-corrected chi connectivity index (χ3v) is 4.52. The molecule has 0 bridgehead atoms. The Bertz CT molecular complexity index is 692. The molecule has 0 radical (unpaired) electrons. The van der Waals surface area contributed by atoms with Crippen LogP contribution >= 0.6 is 11.8 Å². The Morgan fingerprint density at radius 1 is 1.10 bits per heavy atom. The molecule has 0 amide bonds. The molecule has 3 nitrogen and oxygen atoms in total. The van der Waals surface area contributed by atoms with Crippen LogP contribution in [0.4, 0.5) is 0 Å². The molecule has 4 heteroatoms. The first kappa shape index (κ1) is 15.8. The highest BCUT2D eigenvalue weighted by Gasteiger charge is 2.06. The first-order valence-corrected chi connectivity index (χ1v) is 8.28. The van der Waals surface area contributed by atoms with E-state index in [-0.39, 0.29) is 5.56 Å². The van der Waals surface area contributed by atoms with Gasteiger partial charge in [-0.2, -0.15) is 0 Å². The Balaban J connectivity index is 2.16. The highest BCUT2D eigenvalue weighted by molar-refractivity contribution is 7.98. The Labute approximate surface area is 130 Å². The van der Waals surface area contributed by atoms with E-state index >= 15 is 0 Å². The van der Waals surface area contributed by atoms with Gasteiger partial charge in [0.25, 0.3) is 5.56 Å². The Hall–Kier alpha value is -1.55. The second kappa shape index (κ2) is 6.94. The summed E-state index contributed by atoms with van der Waals surface area (Å²) in [4.78, 5) is 19.0. The van der Waals surface area contributed by atoms with Gasteiger partial charge in [-0.3, -0.25) is 4.79 Å². The van der Waals surface area contributed by atoms with Crippen LogP contribution in [0.5, 0.6) is 0 Å².